The zero-order valence-electron chi connectivity index (χ0n) is 15.8. The van der Waals surface area contributed by atoms with Crippen LogP contribution in [0.2, 0.25) is 0 Å². The fourth-order valence-electron chi connectivity index (χ4n) is 3.44. The van der Waals surface area contributed by atoms with E-state index in [0.29, 0.717) is 0 Å². The highest BCUT2D eigenvalue weighted by atomic mass is 15.1. The summed E-state index contributed by atoms with van der Waals surface area (Å²) in [6.45, 7) is 2.27. The number of rotatable bonds is 9. The maximum Gasteiger partial charge on any atom is 0.0493 e. The second kappa shape index (κ2) is 9.82. The van der Waals surface area contributed by atoms with E-state index in [-0.39, 0.29) is 0 Å². The zero-order chi connectivity index (χ0) is 18.0. The molecule has 1 heteroatoms. The maximum atomic E-state index is 2.38. The monoisotopic (exact) mass is 343 g/mol. The van der Waals surface area contributed by atoms with Crippen LogP contribution in [0, 0.1) is 0 Å². The van der Waals surface area contributed by atoms with E-state index in [9.17, 15) is 0 Å². The average Bonchev–Trinajstić information content (AvgIpc) is 2.71. The van der Waals surface area contributed by atoms with Crippen LogP contribution in [0.5, 0.6) is 0 Å². The smallest absolute Gasteiger partial charge is 0.0493 e. The molecule has 26 heavy (non-hydrogen) atoms. The van der Waals surface area contributed by atoms with Crippen molar-refractivity contribution >= 4 is 17.1 Å². The first-order valence-electron chi connectivity index (χ1n) is 9.88. The second-order valence-electron chi connectivity index (χ2n) is 6.80. The predicted molar refractivity (Wildman–Crippen MR) is 114 cm³/mol. The Balaban J connectivity index is 1.90. The van der Waals surface area contributed by atoms with Crippen molar-refractivity contribution in [1.82, 2.24) is 0 Å². The molecule has 3 aromatic carbocycles. The van der Waals surface area contributed by atoms with Gasteiger partial charge < -0.3 is 4.90 Å². The SMILES string of the molecule is CCCCCCCc1ccccc1N(c1ccccc1)c1ccccc1. The van der Waals surface area contributed by atoms with Crippen LogP contribution in [0.1, 0.15) is 44.6 Å². The number of benzene rings is 3. The van der Waals surface area contributed by atoms with Gasteiger partial charge in [-0.3, -0.25) is 0 Å². The third kappa shape index (κ3) is 4.76. The van der Waals surface area contributed by atoms with Crippen molar-refractivity contribution in [3.05, 3.63) is 90.5 Å². The van der Waals surface area contributed by atoms with Gasteiger partial charge in [0.25, 0.3) is 0 Å². The molecule has 0 amide bonds. The zero-order valence-corrected chi connectivity index (χ0v) is 15.8. The first-order valence-corrected chi connectivity index (χ1v) is 9.88. The Kier molecular flexibility index (Phi) is 6.89. The Bertz CT molecular complexity index is 725. The van der Waals surface area contributed by atoms with Crippen LogP contribution >= 0.6 is 0 Å². The molecule has 0 N–H and O–H groups in total. The van der Waals surface area contributed by atoms with Crippen molar-refractivity contribution < 1.29 is 0 Å². The van der Waals surface area contributed by atoms with Crippen molar-refractivity contribution in [2.75, 3.05) is 4.90 Å². The molecule has 0 unspecified atom stereocenters. The molecule has 3 rings (SSSR count). The van der Waals surface area contributed by atoms with Crippen LogP contribution in [0.15, 0.2) is 84.9 Å². The summed E-state index contributed by atoms with van der Waals surface area (Å²) in [5.41, 5.74) is 5.13. The van der Waals surface area contributed by atoms with Gasteiger partial charge in [0.15, 0.2) is 0 Å². The lowest BCUT2D eigenvalue weighted by atomic mass is 10.0. The predicted octanol–water partition coefficient (Wildman–Crippen LogP) is 7.67. The number of para-hydroxylation sites is 3. The van der Waals surface area contributed by atoms with E-state index in [4.69, 9.17) is 0 Å². The summed E-state index contributed by atoms with van der Waals surface area (Å²) in [6, 6.07) is 30.2. The minimum absolute atomic E-state index is 1.13. The summed E-state index contributed by atoms with van der Waals surface area (Å²) in [4.78, 5) is 2.38. The summed E-state index contributed by atoms with van der Waals surface area (Å²) in [7, 11) is 0. The molecule has 0 radical (unpaired) electrons. The van der Waals surface area contributed by atoms with Gasteiger partial charge in [0, 0.05) is 17.1 Å². The third-order valence-corrected chi connectivity index (χ3v) is 4.81. The summed E-state index contributed by atoms with van der Waals surface area (Å²) < 4.78 is 0. The molecule has 0 heterocycles. The molecule has 0 spiro atoms. The fourth-order valence-corrected chi connectivity index (χ4v) is 3.44. The van der Waals surface area contributed by atoms with Crippen molar-refractivity contribution in [1.29, 1.82) is 0 Å². The Morgan fingerprint density at radius 3 is 1.73 bits per heavy atom. The van der Waals surface area contributed by atoms with E-state index < -0.39 is 0 Å². The fraction of sp³-hybridized carbons (Fsp3) is 0.280. The van der Waals surface area contributed by atoms with E-state index >= 15 is 0 Å². The largest absolute Gasteiger partial charge is 0.310 e. The van der Waals surface area contributed by atoms with E-state index in [1.165, 1.54) is 54.7 Å². The summed E-state index contributed by atoms with van der Waals surface area (Å²) in [5.74, 6) is 0. The molecule has 0 aliphatic heterocycles. The van der Waals surface area contributed by atoms with Crippen molar-refractivity contribution in [2.45, 2.75) is 45.4 Å². The van der Waals surface area contributed by atoms with Crippen LogP contribution in [0.25, 0.3) is 0 Å². The molecule has 0 aliphatic carbocycles. The van der Waals surface area contributed by atoms with E-state index in [1.807, 2.05) is 0 Å². The highest BCUT2D eigenvalue weighted by Gasteiger charge is 2.14. The number of hydrogen-bond acceptors (Lipinski definition) is 1. The van der Waals surface area contributed by atoms with Crippen molar-refractivity contribution in [3.8, 4) is 0 Å². The van der Waals surface area contributed by atoms with Crippen molar-refractivity contribution in [2.24, 2.45) is 0 Å². The third-order valence-electron chi connectivity index (χ3n) is 4.81. The van der Waals surface area contributed by atoms with E-state index in [1.54, 1.807) is 0 Å². The number of unbranched alkanes of at least 4 members (excludes halogenated alkanes) is 4. The normalized spacial score (nSPS) is 10.7. The highest BCUT2D eigenvalue weighted by Crippen LogP contribution is 2.36. The van der Waals surface area contributed by atoms with Crippen molar-refractivity contribution in [3.63, 3.8) is 0 Å². The molecule has 3 aromatic rings. The minimum Gasteiger partial charge on any atom is -0.310 e. The quantitative estimate of drug-likeness (QED) is 0.360. The lowest BCUT2D eigenvalue weighted by Crippen LogP contribution is -2.12. The molecule has 0 saturated heterocycles. The van der Waals surface area contributed by atoms with E-state index in [2.05, 4.69) is 96.8 Å². The summed E-state index contributed by atoms with van der Waals surface area (Å²) >= 11 is 0. The van der Waals surface area contributed by atoms with Crippen LogP contribution in [-0.4, -0.2) is 0 Å². The highest BCUT2D eigenvalue weighted by molar-refractivity contribution is 5.78. The van der Waals surface area contributed by atoms with Gasteiger partial charge in [-0.05, 0) is 48.7 Å². The van der Waals surface area contributed by atoms with E-state index in [0.717, 1.165) is 6.42 Å². The van der Waals surface area contributed by atoms with Crippen LogP contribution in [-0.2, 0) is 6.42 Å². The number of hydrogen-bond donors (Lipinski definition) is 0. The summed E-state index contributed by atoms with van der Waals surface area (Å²) in [6.07, 6.45) is 7.71. The van der Waals surface area contributed by atoms with Gasteiger partial charge in [0.05, 0.1) is 0 Å². The molecular weight excluding hydrogens is 314 g/mol. The van der Waals surface area contributed by atoms with Crippen LogP contribution in [0.4, 0.5) is 17.1 Å². The van der Waals surface area contributed by atoms with Crippen LogP contribution in [0.3, 0.4) is 0 Å². The second-order valence-corrected chi connectivity index (χ2v) is 6.80. The molecule has 1 nitrogen and oxygen atoms in total. The topological polar surface area (TPSA) is 3.24 Å². The Morgan fingerprint density at radius 1 is 0.577 bits per heavy atom. The minimum atomic E-state index is 1.13. The van der Waals surface area contributed by atoms with Crippen LogP contribution < -0.4 is 4.90 Å². The lowest BCUT2D eigenvalue weighted by molar-refractivity contribution is 0.632. The van der Waals surface area contributed by atoms with Gasteiger partial charge in [-0.1, -0.05) is 87.2 Å². The Morgan fingerprint density at radius 2 is 1.12 bits per heavy atom. The average molecular weight is 344 g/mol. The Hall–Kier alpha value is -2.54. The molecule has 134 valence electrons. The molecule has 0 atom stereocenters. The number of aryl methyl sites for hydroxylation is 1. The van der Waals surface area contributed by atoms with Gasteiger partial charge in [0.2, 0.25) is 0 Å². The van der Waals surface area contributed by atoms with Gasteiger partial charge in [-0.2, -0.15) is 0 Å². The Labute approximate surface area is 158 Å². The standard InChI is InChI=1S/C25H29N/c1-2-3-4-5-8-15-22-16-13-14-21-25(22)26(23-17-9-6-10-18-23)24-19-11-7-12-20-24/h6-7,9-14,16-21H,2-5,8,15H2,1H3. The number of nitrogens with zero attached hydrogens (tertiary/aromatic N) is 1. The first-order chi connectivity index (χ1) is 12.9. The maximum absolute atomic E-state index is 2.38. The lowest BCUT2D eigenvalue weighted by Gasteiger charge is -2.27. The molecule has 0 saturated carbocycles. The molecular formula is C25H29N. The van der Waals surface area contributed by atoms with Gasteiger partial charge in [-0.25, -0.2) is 0 Å². The van der Waals surface area contributed by atoms with Gasteiger partial charge in [0.1, 0.15) is 0 Å². The molecule has 0 fully saturated rings. The summed E-state index contributed by atoms with van der Waals surface area (Å²) in [5, 5.41) is 0. The molecule has 0 aromatic heterocycles. The number of anilines is 3. The van der Waals surface area contributed by atoms with Gasteiger partial charge >= 0.3 is 0 Å². The first kappa shape index (κ1) is 18.3. The van der Waals surface area contributed by atoms with Gasteiger partial charge in [-0.15, -0.1) is 0 Å². The molecule has 0 aliphatic rings. The molecule has 0 bridgehead atoms.